The van der Waals surface area contributed by atoms with Crippen LogP contribution in [0, 0.1) is 0 Å². The van der Waals surface area contributed by atoms with Crippen molar-refractivity contribution >= 4 is 35.1 Å². The average molecular weight is 488 g/mol. The van der Waals surface area contributed by atoms with Gasteiger partial charge in [0.05, 0.1) is 22.2 Å². The first-order chi connectivity index (χ1) is 16.0. The van der Waals surface area contributed by atoms with Gasteiger partial charge in [-0.1, -0.05) is 59.8 Å². The zero-order valence-corrected chi connectivity index (χ0v) is 19.7. The fourth-order valence-electron chi connectivity index (χ4n) is 3.51. The lowest BCUT2D eigenvalue weighted by molar-refractivity contribution is -0.139. The average Bonchev–Trinajstić information content (AvgIpc) is 3.27. The zero-order chi connectivity index (χ0) is 23.4. The third kappa shape index (κ3) is 5.12. The van der Waals surface area contributed by atoms with Gasteiger partial charge in [0.15, 0.2) is 0 Å². The number of esters is 1. The van der Waals surface area contributed by atoms with Crippen LogP contribution in [0.25, 0.3) is 0 Å². The van der Waals surface area contributed by atoms with Crippen molar-refractivity contribution in [3.8, 4) is 5.75 Å². The molecule has 2 heterocycles. The molecule has 2 aromatic carbocycles. The van der Waals surface area contributed by atoms with Crippen molar-refractivity contribution in [1.29, 1.82) is 0 Å². The van der Waals surface area contributed by atoms with Crippen molar-refractivity contribution in [1.82, 2.24) is 20.2 Å². The first-order valence-electron chi connectivity index (χ1n) is 10.6. The van der Waals surface area contributed by atoms with Crippen molar-refractivity contribution in [3.63, 3.8) is 0 Å². The summed E-state index contributed by atoms with van der Waals surface area (Å²) in [6.45, 7) is 4.57. The Morgan fingerprint density at radius 3 is 2.67 bits per heavy atom. The standard InChI is InChI=1S/C23H23Cl2N5O3/c1-3-4-11-32-22(31)20-14(2)26-23-27-28-29-30(23)21(20)16-6-8-17(9-7-16)33-13-15-5-10-18(24)19(25)12-15/h5-10,12,21H,3-4,11,13H2,1-2H3,(H,26,27,29). The number of anilines is 1. The number of carbonyl (C=O) groups excluding carboxylic acids is 1. The third-order valence-electron chi connectivity index (χ3n) is 5.25. The van der Waals surface area contributed by atoms with Gasteiger partial charge in [0.1, 0.15) is 18.4 Å². The second-order valence-corrected chi connectivity index (χ2v) is 8.42. The van der Waals surface area contributed by atoms with Crippen molar-refractivity contribution in [3.05, 3.63) is 74.9 Å². The lowest BCUT2D eigenvalue weighted by Gasteiger charge is -2.27. The van der Waals surface area contributed by atoms with Gasteiger partial charge in [-0.25, -0.2) is 4.79 Å². The van der Waals surface area contributed by atoms with E-state index in [4.69, 9.17) is 32.7 Å². The van der Waals surface area contributed by atoms with Gasteiger partial charge in [-0.2, -0.15) is 4.68 Å². The number of halogens is 2. The molecule has 0 bridgehead atoms. The SMILES string of the molecule is CCCCOC(=O)C1=C(C)Nc2nnnn2C1c1ccc(OCc2ccc(Cl)c(Cl)c2)cc1. The number of unbranched alkanes of at least 4 members (excludes halogenated alkanes) is 1. The summed E-state index contributed by atoms with van der Waals surface area (Å²) in [5, 5.41) is 15.9. The number of carbonyl (C=O) groups is 1. The second kappa shape index (κ2) is 10.2. The predicted molar refractivity (Wildman–Crippen MR) is 125 cm³/mol. The highest BCUT2D eigenvalue weighted by Crippen LogP contribution is 2.35. The highest BCUT2D eigenvalue weighted by molar-refractivity contribution is 6.42. The van der Waals surface area contributed by atoms with Crippen LogP contribution < -0.4 is 10.1 Å². The summed E-state index contributed by atoms with van der Waals surface area (Å²) in [6, 6.07) is 12.3. The smallest absolute Gasteiger partial charge is 0.338 e. The van der Waals surface area contributed by atoms with E-state index in [0.29, 0.717) is 46.2 Å². The van der Waals surface area contributed by atoms with Crippen LogP contribution in [0.4, 0.5) is 5.95 Å². The molecule has 1 aliphatic rings. The van der Waals surface area contributed by atoms with E-state index < -0.39 is 6.04 Å². The maximum Gasteiger partial charge on any atom is 0.338 e. The second-order valence-electron chi connectivity index (χ2n) is 7.61. The van der Waals surface area contributed by atoms with E-state index in [1.807, 2.05) is 44.2 Å². The molecule has 3 aromatic rings. The number of tetrazole rings is 1. The molecule has 1 unspecified atom stereocenters. The molecule has 10 heteroatoms. The van der Waals surface area contributed by atoms with Crippen LogP contribution >= 0.6 is 23.2 Å². The molecule has 1 atom stereocenters. The lowest BCUT2D eigenvalue weighted by Crippen LogP contribution is -2.29. The van der Waals surface area contributed by atoms with Crippen LogP contribution in [0.5, 0.6) is 5.75 Å². The molecule has 4 rings (SSSR count). The van der Waals surface area contributed by atoms with Gasteiger partial charge in [-0.3, -0.25) is 0 Å². The van der Waals surface area contributed by atoms with Crippen molar-refractivity contribution in [2.24, 2.45) is 0 Å². The zero-order valence-electron chi connectivity index (χ0n) is 18.2. The normalized spacial score (nSPS) is 15.1. The molecule has 0 saturated carbocycles. The van der Waals surface area contributed by atoms with E-state index in [9.17, 15) is 4.79 Å². The molecule has 0 fully saturated rings. The Bertz CT molecular complexity index is 1180. The Kier molecular flexibility index (Phi) is 7.15. The maximum atomic E-state index is 12.9. The first kappa shape index (κ1) is 23.1. The molecular formula is C23H23Cl2N5O3. The van der Waals surface area contributed by atoms with Crippen LogP contribution in [0.1, 0.15) is 43.9 Å². The number of rotatable bonds is 8. The van der Waals surface area contributed by atoms with E-state index in [-0.39, 0.29) is 5.97 Å². The Morgan fingerprint density at radius 2 is 1.94 bits per heavy atom. The Balaban J connectivity index is 1.55. The summed E-state index contributed by atoms with van der Waals surface area (Å²) in [6.07, 6.45) is 1.74. The summed E-state index contributed by atoms with van der Waals surface area (Å²) in [5.74, 6) is 0.741. The molecule has 33 heavy (non-hydrogen) atoms. The van der Waals surface area contributed by atoms with E-state index in [2.05, 4.69) is 20.8 Å². The molecule has 1 aliphatic heterocycles. The molecule has 172 valence electrons. The number of ether oxygens (including phenoxy) is 2. The van der Waals surface area contributed by atoms with Gasteiger partial charge in [-0.05, 0) is 59.2 Å². The highest BCUT2D eigenvalue weighted by Gasteiger charge is 2.34. The fraction of sp³-hybridized carbons (Fsp3) is 0.304. The van der Waals surface area contributed by atoms with E-state index in [1.54, 1.807) is 16.8 Å². The lowest BCUT2D eigenvalue weighted by atomic mass is 9.96. The fourth-order valence-corrected chi connectivity index (χ4v) is 3.83. The number of nitrogens with one attached hydrogen (secondary N) is 1. The molecular weight excluding hydrogens is 465 g/mol. The minimum Gasteiger partial charge on any atom is -0.489 e. The van der Waals surface area contributed by atoms with Gasteiger partial charge in [-0.15, -0.1) is 0 Å². The number of fused-ring (bicyclic) bond motifs is 1. The summed E-state index contributed by atoms with van der Waals surface area (Å²) < 4.78 is 13.0. The van der Waals surface area contributed by atoms with Gasteiger partial charge < -0.3 is 14.8 Å². The molecule has 0 saturated heterocycles. The number of aromatic nitrogens is 4. The van der Waals surface area contributed by atoms with E-state index in [1.165, 1.54) is 0 Å². The van der Waals surface area contributed by atoms with E-state index >= 15 is 0 Å². The molecule has 1 N–H and O–H groups in total. The Labute approximate surface area is 201 Å². The summed E-state index contributed by atoms with van der Waals surface area (Å²) in [4.78, 5) is 12.9. The monoisotopic (exact) mass is 487 g/mol. The summed E-state index contributed by atoms with van der Waals surface area (Å²) in [7, 11) is 0. The Hall–Kier alpha value is -3.10. The van der Waals surface area contributed by atoms with Gasteiger partial charge in [0.2, 0.25) is 5.95 Å². The van der Waals surface area contributed by atoms with Crippen LogP contribution in [-0.4, -0.2) is 32.8 Å². The number of allylic oxidation sites excluding steroid dienone is 1. The molecule has 1 aromatic heterocycles. The summed E-state index contributed by atoms with van der Waals surface area (Å²) >= 11 is 12.0. The van der Waals surface area contributed by atoms with Crippen LogP contribution in [-0.2, 0) is 16.1 Å². The quantitative estimate of drug-likeness (QED) is 0.345. The van der Waals surface area contributed by atoms with Crippen molar-refractivity contribution < 1.29 is 14.3 Å². The number of hydrogen-bond donors (Lipinski definition) is 1. The third-order valence-corrected chi connectivity index (χ3v) is 5.99. The number of benzene rings is 2. The Morgan fingerprint density at radius 1 is 1.15 bits per heavy atom. The largest absolute Gasteiger partial charge is 0.489 e. The van der Waals surface area contributed by atoms with Crippen molar-refractivity contribution in [2.45, 2.75) is 39.3 Å². The maximum absolute atomic E-state index is 12.9. The molecule has 0 aliphatic carbocycles. The highest BCUT2D eigenvalue weighted by atomic mass is 35.5. The minimum atomic E-state index is -0.519. The minimum absolute atomic E-state index is 0.342. The predicted octanol–water partition coefficient (Wildman–Crippen LogP) is 5.19. The number of nitrogens with zero attached hydrogens (tertiary/aromatic N) is 4. The van der Waals surface area contributed by atoms with Crippen molar-refractivity contribution in [2.75, 3.05) is 11.9 Å². The topological polar surface area (TPSA) is 91.2 Å². The van der Waals surface area contributed by atoms with Crippen LogP contribution in [0.3, 0.4) is 0 Å². The van der Waals surface area contributed by atoms with Gasteiger partial charge >= 0.3 is 5.97 Å². The first-order valence-corrected chi connectivity index (χ1v) is 11.3. The van der Waals surface area contributed by atoms with Gasteiger partial charge in [0, 0.05) is 5.70 Å². The van der Waals surface area contributed by atoms with E-state index in [0.717, 1.165) is 24.0 Å². The van der Waals surface area contributed by atoms with Gasteiger partial charge in [0.25, 0.3) is 0 Å². The molecule has 8 nitrogen and oxygen atoms in total. The molecule has 0 spiro atoms. The van der Waals surface area contributed by atoms with Crippen LogP contribution in [0.2, 0.25) is 10.0 Å². The summed E-state index contributed by atoms with van der Waals surface area (Å²) in [5.41, 5.74) is 2.86. The molecule has 0 radical (unpaired) electrons. The molecule has 0 amide bonds. The van der Waals surface area contributed by atoms with Crippen LogP contribution in [0.15, 0.2) is 53.7 Å². The number of hydrogen-bond acceptors (Lipinski definition) is 7.